The quantitative estimate of drug-likeness (QED) is 0.247. The molecular weight excluding hydrogens is 264 g/mol. The van der Waals surface area contributed by atoms with Crippen molar-refractivity contribution in [3.63, 3.8) is 0 Å². The van der Waals surface area contributed by atoms with Gasteiger partial charge in [-0.3, -0.25) is 0 Å². The normalized spacial score (nSPS) is 13.6. The Morgan fingerprint density at radius 2 is 1.56 bits per heavy atom. The predicted octanol–water partition coefficient (Wildman–Crippen LogP) is 3.26. The molecule has 0 unspecified atom stereocenters. The third-order valence-corrected chi connectivity index (χ3v) is 3.23. The Morgan fingerprint density at radius 1 is 1.00 bits per heavy atom. The van der Waals surface area contributed by atoms with Crippen LogP contribution in [0.3, 0.4) is 0 Å². The number of rotatable bonds is 6. The molecule has 0 aliphatic heterocycles. The summed E-state index contributed by atoms with van der Waals surface area (Å²) in [6.45, 7) is 12.4. The Hall–Kier alpha value is -1.02. The van der Waals surface area contributed by atoms with Crippen molar-refractivity contribution in [2.24, 2.45) is 0 Å². The van der Waals surface area contributed by atoms with Crippen LogP contribution >= 0.6 is 0 Å². The van der Waals surface area contributed by atoms with Crippen molar-refractivity contribution in [1.29, 1.82) is 0 Å². The average molecular weight is 288 g/mol. The van der Waals surface area contributed by atoms with Gasteiger partial charge in [0, 0.05) is 6.08 Å². The fraction of sp³-hybridized carbons (Fsp3) is 0.583. The molecule has 0 aromatic heterocycles. The van der Waals surface area contributed by atoms with Crippen molar-refractivity contribution in [3.05, 3.63) is 24.2 Å². The number of allylic oxidation sites excluding steroid dienone is 1. The third-order valence-electron chi connectivity index (χ3n) is 1.54. The van der Waals surface area contributed by atoms with E-state index in [2.05, 4.69) is 24.4 Å². The van der Waals surface area contributed by atoms with Crippen LogP contribution in [0.1, 0.15) is 0 Å². The highest BCUT2D eigenvalue weighted by Crippen LogP contribution is 2.13. The molecule has 0 bridgehead atoms. The number of esters is 1. The van der Waals surface area contributed by atoms with Gasteiger partial charge in [0.2, 0.25) is 16.6 Å². The Morgan fingerprint density at radius 3 is 1.94 bits per heavy atom. The van der Waals surface area contributed by atoms with E-state index >= 15 is 0 Å². The minimum Gasteiger partial charge on any atom is -0.550 e. The third kappa shape index (κ3) is 10.2. The van der Waals surface area contributed by atoms with Gasteiger partial charge in [-0.15, -0.1) is 0 Å². The molecule has 0 atom stereocenters. The lowest BCUT2D eigenvalue weighted by Crippen LogP contribution is -2.25. The second kappa shape index (κ2) is 6.79. The fourth-order valence-corrected chi connectivity index (χ4v) is 2.26. The topological polar surface area (TPSA) is 44.8 Å². The van der Waals surface area contributed by atoms with Crippen LogP contribution in [-0.2, 0) is 18.4 Å². The van der Waals surface area contributed by atoms with Crippen molar-refractivity contribution in [2.45, 2.75) is 39.3 Å². The molecule has 4 nitrogen and oxygen atoms in total. The predicted molar refractivity (Wildman–Crippen MR) is 78.1 cm³/mol. The summed E-state index contributed by atoms with van der Waals surface area (Å²) in [5.74, 6) is 0.0557. The first kappa shape index (κ1) is 17.0. The molecule has 0 amide bonds. The standard InChI is InChI=1S/C12H24O4Si2/c1-14-12(13)10-11(16-18(5,6)7)8-9-15-17(2,3)4/h8-10H,1-7H3/b9-8+,11-10-. The molecule has 0 heterocycles. The summed E-state index contributed by atoms with van der Waals surface area (Å²) in [5, 5.41) is 0. The van der Waals surface area contributed by atoms with E-state index in [9.17, 15) is 4.79 Å². The zero-order valence-corrected chi connectivity index (χ0v) is 14.4. The van der Waals surface area contributed by atoms with Gasteiger partial charge in [0.05, 0.1) is 19.4 Å². The number of carbonyl (C=O) groups is 1. The van der Waals surface area contributed by atoms with Crippen LogP contribution in [0.25, 0.3) is 0 Å². The van der Waals surface area contributed by atoms with Crippen LogP contribution in [0.5, 0.6) is 0 Å². The summed E-state index contributed by atoms with van der Waals surface area (Å²) < 4.78 is 16.0. The zero-order valence-electron chi connectivity index (χ0n) is 12.4. The van der Waals surface area contributed by atoms with Crippen LogP contribution in [0.4, 0.5) is 0 Å². The highest BCUT2D eigenvalue weighted by Gasteiger charge is 2.18. The summed E-state index contributed by atoms with van der Waals surface area (Å²) in [4.78, 5) is 11.2. The largest absolute Gasteiger partial charge is 0.550 e. The summed E-state index contributed by atoms with van der Waals surface area (Å²) in [6, 6.07) is 0. The maximum atomic E-state index is 11.2. The summed E-state index contributed by atoms with van der Waals surface area (Å²) in [5.41, 5.74) is 0. The van der Waals surface area contributed by atoms with Gasteiger partial charge in [-0.05, 0) is 39.3 Å². The Bertz CT molecular complexity index is 335. The van der Waals surface area contributed by atoms with Crippen molar-refractivity contribution in [3.8, 4) is 0 Å². The van der Waals surface area contributed by atoms with Crippen LogP contribution in [-0.4, -0.2) is 29.7 Å². The van der Waals surface area contributed by atoms with Gasteiger partial charge in [0.25, 0.3) is 0 Å². The maximum absolute atomic E-state index is 11.2. The maximum Gasteiger partial charge on any atom is 0.334 e. The molecule has 0 aliphatic carbocycles. The van der Waals surface area contributed by atoms with Gasteiger partial charge in [-0.25, -0.2) is 4.79 Å². The highest BCUT2D eigenvalue weighted by atomic mass is 28.4. The number of hydrogen-bond donors (Lipinski definition) is 0. The molecule has 0 radical (unpaired) electrons. The lowest BCUT2D eigenvalue weighted by atomic mass is 10.4. The minimum absolute atomic E-state index is 0.430. The van der Waals surface area contributed by atoms with Crippen molar-refractivity contribution in [1.82, 2.24) is 0 Å². The molecular formula is C12H24O4Si2. The first-order valence-electron chi connectivity index (χ1n) is 5.86. The molecule has 0 fully saturated rings. The zero-order chi connectivity index (χ0) is 14.4. The Labute approximate surface area is 112 Å². The van der Waals surface area contributed by atoms with E-state index in [1.807, 2.05) is 19.6 Å². The van der Waals surface area contributed by atoms with Crippen molar-refractivity contribution < 1.29 is 18.4 Å². The molecule has 0 aromatic carbocycles. The number of hydrogen-bond acceptors (Lipinski definition) is 4. The van der Waals surface area contributed by atoms with E-state index < -0.39 is 22.6 Å². The van der Waals surface area contributed by atoms with Crippen molar-refractivity contribution >= 4 is 22.6 Å². The van der Waals surface area contributed by atoms with Gasteiger partial charge in [0.1, 0.15) is 5.76 Å². The number of carbonyl (C=O) groups excluding carboxylic acids is 1. The average Bonchev–Trinajstić information content (AvgIpc) is 2.12. The van der Waals surface area contributed by atoms with Gasteiger partial charge in [0.15, 0.2) is 0 Å². The minimum atomic E-state index is -1.77. The van der Waals surface area contributed by atoms with Gasteiger partial charge >= 0.3 is 5.97 Å². The summed E-state index contributed by atoms with van der Waals surface area (Å²) in [6.07, 6.45) is 4.61. The molecule has 0 saturated carbocycles. The fourth-order valence-electron chi connectivity index (χ4n) is 0.945. The molecule has 6 heteroatoms. The molecule has 0 aromatic rings. The van der Waals surface area contributed by atoms with E-state index in [0.29, 0.717) is 5.76 Å². The smallest absolute Gasteiger partial charge is 0.334 e. The molecule has 0 saturated heterocycles. The summed E-state index contributed by atoms with van der Waals surface area (Å²) >= 11 is 0. The molecule has 0 N–H and O–H groups in total. The van der Waals surface area contributed by atoms with E-state index in [4.69, 9.17) is 8.85 Å². The highest BCUT2D eigenvalue weighted by molar-refractivity contribution is 6.70. The molecule has 0 aliphatic rings. The number of methoxy groups -OCH3 is 1. The Kier molecular flexibility index (Phi) is 6.41. The summed E-state index contributed by atoms with van der Waals surface area (Å²) in [7, 11) is -2.03. The second-order valence-corrected chi connectivity index (χ2v) is 14.7. The molecule has 18 heavy (non-hydrogen) atoms. The van der Waals surface area contributed by atoms with Gasteiger partial charge in [-0.1, -0.05) is 0 Å². The van der Waals surface area contributed by atoms with E-state index in [0.717, 1.165) is 0 Å². The lowest BCUT2D eigenvalue weighted by Gasteiger charge is -2.20. The van der Waals surface area contributed by atoms with Crippen molar-refractivity contribution in [2.75, 3.05) is 7.11 Å². The van der Waals surface area contributed by atoms with Crippen LogP contribution in [0, 0.1) is 0 Å². The van der Waals surface area contributed by atoms with Gasteiger partial charge < -0.3 is 13.6 Å². The van der Waals surface area contributed by atoms with E-state index in [-0.39, 0.29) is 0 Å². The SMILES string of the molecule is COC(=O)/C=C(/C=C/O[Si](C)(C)C)O[Si](C)(C)C. The number of ether oxygens (including phenoxy) is 1. The molecule has 0 spiro atoms. The molecule has 104 valence electrons. The first-order chi connectivity index (χ1) is 8.03. The molecule has 0 rings (SSSR count). The van der Waals surface area contributed by atoms with Crippen LogP contribution in [0.15, 0.2) is 24.2 Å². The second-order valence-electron chi connectivity index (χ2n) is 5.82. The lowest BCUT2D eigenvalue weighted by molar-refractivity contribution is -0.134. The van der Waals surface area contributed by atoms with E-state index in [1.165, 1.54) is 13.2 Å². The van der Waals surface area contributed by atoms with Crippen LogP contribution < -0.4 is 0 Å². The monoisotopic (exact) mass is 288 g/mol. The van der Waals surface area contributed by atoms with Gasteiger partial charge in [-0.2, -0.15) is 0 Å². The van der Waals surface area contributed by atoms with E-state index in [1.54, 1.807) is 12.3 Å². The Balaban J connectivity index is 4.79. The first-order valence-corrected chi connectivity index (χ1v) is 12.7. The van der Waals surface area contributed by atoms with Crippen LogP contribution in [0.2, 0.25) is 39.3 Å².